The normalized spacial score (nSPS) is 24.8. The number of benzene rings is 1. The maximum Gasteiger partial charge on any atom is 0.337 e. The molecule has 0 saturated carbocycles. The van der Waals surface area contributed by atoms with Gasteiger partial charge in [-0.15, -0.1) is 0 Å². The van der Waals surface area contributed by atoms with E-state index in [1.165, 1.54) is 7.05 Å². The average molecular weight is 329 g/mol. The fourth-order valence-electron chi connectivity index (χ4n) is 2.70. The predicted molar refractivity (Wildman–Crippen MR) is 82.5 cm³/mol. The molecule has 1 aliphatic heterocycles. The number of likely N-dealkylation sites (N-methyl/N-ethyl adjacent to an activating group) is 1. The zero-order valence-electron chi connectivity index (χ0n) is 13.3. The second-order valence-electron chi connectivity index (χ2n) is 5.52. The standard InChI is InChI=1S/C15H23NO5S/c1-5-15(6-2)20-13(12-10-8-7-9-11(12)3)14(21-15)16(4)22(17,18)19/h7-10,13-14H,5-6H2,1-4H3,(H,17,18,19). The highest BCUT2D eigenvalue weighted by Gasteiger charge is 2.50. The first-order chi connectivity index (χ1) is 10.2. The minimum Gasteiger partial charge on any atom is -0.338 e. The highest BCUT2D eigenvalue weighted by atomic mass is 32.2. The Labute approximate surface area is 131 Å². The summed E-state index contributed by atoms with van der Waals surface area (Å²) in [6.45, 7) is 5.78. The van der Waals surface area contributed by atoms with Gasteiger partial charge in [-0.2, -0.15) is 12.7 Å². The van der Waals surface area contributed by atoms with Crippen molar-refractivity contribution in [2.45, 2.75) is 51.7 Å². The lowest BCUT2D eigenvalue weighted by atomic mass is 10.0. The van der Waals surface area contributed by atoms with Crippen LogP contribution >= 0.6 is 0 Å². The van der Waals surface area contributed by atoms with Crippen LogP contribution in [0.3, 0.4) is 0 Å². The van der Waals surface area contributed by atoms with Crippen LogP contribution < -0.4 is 0 Å². The molecule has 22 heavy (non-hydrogen) atoms. The van der Waals surface area contributed by atoms with E-state index in [4.69, 9.17) is 9.47 Å². The molecular weight excluding hydrogens is 306 g/mol. The molecule has 0 aliphatic carbocycles. The lowest BCUT2D eigenvalue weighted by Gasteiger charge is -2.26. The van der Waals surface area contributed by atoms with Crippen LogP contribution in [-0.2, 0) is 19.8 Å². The van der Waals surface area contributed by atoms with Crippen molar-refractivity contribution in [2.24, 2.45) is 0 Å². The first-order valence-corrected chi connectivity index (χ1v) is 8.75. The molecule has 1 saturated heterocycles. The van der Waals surface area contributed by atoms with Crippen LogP contribution in [0.4, 0.5) is 0 Å². The van der Waals surface area contributed by atoms with Gasteiger partial charge < -0.3 is 9.47 Å². The van der Waals surface area contributed by atoms with Gasteiger partial charge in [0.25, 0.3) is 0 Å². The zero-order valence-corrected chi connectivity index (χ0v) is 14.1. The van der Waals surface area contributed by atoms with Gasteiger partial charge >= 0.3 is 10.3 Å². The van der Waals surface area contributed by atoms with Crippen molar-refractivity contribution in [3.63, 3.8) is 0 Å². The molecule has 1 aromatic carbocycles. The van der Waals surface area contributed by atoms with Gasteiger partial charge in [-0.05, 0) is 30.9 Å². The summed E-state index contributed by atoms with van der Waals surface area (Å²) in [6.07, 6.45) is -0.326. The highest BCUT2D eigenvalue weighted by molar-refractivity contribution is 7.83. The second kappa shape index (κ2) is 6.25. The first-order valence-electron chi connectivity index (χ1n) is 7.35. The molecule has 7 heteroatoms. The number of aryl methyl sites for hydroxylation is 1. The van der Waals surface area contributed by atoms with Crippen LogP contribution in [0, 0.1) is 6.92 Å². The van der Waals surface area contributed by atoms with E-state index in [0.717, 1.165) is 15.4 Å². The second-order valence-corrected chi connectivity index (χ2v) is 6.99. The summed E-state index contributed by atoms with van der Waals surface area (Å²) in [5.41, 5.74) is 1.83. The first kappa shape index (κ1) is 17.4. The third-order valence-electron chi connectivity index (χ3n) is 4.23. The largest absolute Gasteiger partial charge is 0.338 e. The topological polar surface area (TPSA) is 76.1 Å². The maximum absolute atomic E-state index is 11.5. The van der Waals surface area contributed by atoms with Crippen molar-refractivity contribution in [1.29, 1.82) is 0 Å². The van der Waals surface area contributed by atoms with Gasteiger partial charge in [0.1, 0.15) is 6.10 Å². The average Bonchev–Trinajstić information content (AvgIpc) is 2.86. The van der Waals surface area contributed by atoms with Gasteiger partial charge in [0.05, 0.1) is 0 Å². The summed E-state index contributed by atoms with van der Waals surface area (Å²) in [5, 5.41) is 0. The Hall–Kier alpha value is -0.990. The smallest absolute Gasteiger partial charge is 0.337 e. The lowest BCUT2D eigenvalue weighted by Crippen LogP contribution is -2.41. The molecule has 1 fully saturated rings. The SMILES string of the molecule is CCC1(CC)OC(c2ccccc2C)C(N(C)S(=O)(=O)O)O1. The van der Waals surface area contributed by atoms with E-state index >= 15 is 0 Å². The fourth-order valence-corrected chi connectivity index (χ4v) is 3.12. The van der Waals surface area contributed by atoms with E-state index < -0.39 is 28.4 Å². The van der Waals surface area contributed by atoms with Crippen molar-refractivity contribution >= 4 is 10.3 Å². The summed E-state index contributed by atoms with van der Waals surface area (Å²) >= 11 is 0. The summed E-state index contributed by atoms with van der Waals surface area (Å²) < 4.78 is 45.2. The summed E-state index contributed by atoms with van der Waals surface area (Å²) in [7, 11) is -3.09. The molecule has 1 aromatic rings. The fraction of sp³-hybridized carbons (Fsp3) is 0.600. The van der Waals surface area contributed by atoms with Crippen molar-refractivity contribution in [3.8, 4) is 0 Å². The van der Waals surface area contributed by atoms with Gasteiger partial charge in [0.15, 0.2) is 12.0 Å². The minimum absolute atomic E-state index is 0.585. The molecule has 6 nitrogen and oxygen atoms in total. The van der Waals surface area contributed by atoms with E-state index in [2.05, 4.69) is 0 Å². The monoisotopic (exact) mass is 329 g/mol. The van der Waals surface area contributed by atoms with Gasteiger partial charge in [-0.3, -0.25) is 4.55 Å². The summed E-state index contributed by atoms with van der Waals surface area (Å²) in [4.78, 5) is 0. The minimum atomic E-state index is -4.38. The molecule has 0 amide bonds. The molecule has 2 atom stereocenters. The van der Waals surface area contributed by atoms with E-state index in [1.54, 1.807) is 0 Å². The summed E-state index contributed by atoms with van der Waals surface area (Å²) in [5.74, 6) is -0.851. The molecule has 0 radical (unpaired) electrons. The Morgan fingerprint density at radius 1 is 1.23 bits per heavy atom. The van der Waals surface area contributed by atoms with Crippen LogP contribution in [0.1, 0.15) is 43.9 Å². The molecule has 124 valence electrons. The van der Waals surface area contributed by atoms with Crippen molar-refractivity contribution < 1.29 is 22.4 Å². The van der Waals surface area contributed by atoms with E-state index in [-0.39, 0.29) is 0 Å². The number of rotatable bonds is 5. The Morgan fingerprint density at radius 2 is 1.82 bits per heavy atom. The Kier molecular flexibility index (Phi) is 4.93. The van der Waals surface area contributed by atoms with E-state index in [0.29, 0.717) is 12.8 Å². The van der Waals surface area contributed by atoms with E-state index in [1.807, 2.05) is 45.0 Å². The van der Waals surface area contributed by atoms with Crippen molar-refractivity contribution in [1.82, 2.24) is 4.31 Å². The quantitative estimate of drug-likeness (QED) is 0.841. The van der Waals surface area contributed by atoms with Gasteiger partial charge in [0.2, 0.25) is 0 Å². The highest BCUT2D eigenvalue weighted by Crippen LogP contribution is 2.44. The summed E-state index contributed by atoms with van der Waals surface area (Å²) in [6, 6.07) is 7.59. The zero-order chi connectivity index (χ0) is 16.5. The molecule has 1 aliphatic rings. The molecular formula is C15H23NO5S. The van der Waals surface area contributed by atoms with Crippen LogP contribution in [0.5, 0.6) is 0 Å². The van der Waals surface area contributed by atoms with Gasteiger partial charge in [0, 0.05) is 7.05 Å². The molecule has 0 aromatic heterocycles. The third kappa shape index (κ3) is 3.18. The molecule has 0 spiro atoms. The third-order valence-corrected chi connectivity index (χ3v) is 5.17. The number of nitrogens with zero attached hydrogens (tertiary/aromatic N) is 1. The van der Waals surface area contributed by atoms with Crippen LogP contribution in [0.15, 0.2) is 24.3 Å². The van der Waals surface area contributed by atoms with Crippen LogP contribution in [0.2, 0.25) is 0 Å². The maximum atomic E-state index is 11.5. The molecule has 1 N–H and O–H groups in total. The molecule has 2 unspecified atom stereocenters. The van der Waals surface area contributed by atoms with Crippen LogP contribution in [0.25, 0.3) is 0 Å². The number of hydrogen-bond donors (Lipinski definition) is 1. The van der Waals surface area contributed by atoms with Crippen molar-refractivity contribution in [3.05, 3.63) is 35.4 Å². The molecule has 1 heterocycles. The molecule has 0 bridgehead atoms. The Balaban J connectivity index is 2.46. The lowest BCUT2D eigenvalue weighted by molar-refractivity contribution is -0.186. The number of hydrogen-bond acceptors (Lipinski definition) is 4. The van der Waals surface area contributed by atoms with Gasteiger partial charge in [-0.25, -0.2) is 0 Å². The Bertz CT molecular complexity index is 627. The van der Waals surface area contributed by atoms with Crippen LogP contribution in [-0.4, -0.2) is 36.3 Å². The van der Waals surface area contributed by atoms with Gasteiger partial charge in [-0.1, -0.05) is 38.1 Å². The Morgan fingerprint density at radius 3 is 2.32 bits per heavy atom. The predicted octanol–water partition coefficient (Wildman–Crippen LogP) is 2.66. The van der Waals surface area contributed by atoms with Crippen molar-refractivity contribution in [2.75, 3.05) is 7.05 Å². The number of ether oxygens (including phenoxy) is 2. The van der Waals surface area contributed by atoms with E-state index in [9.17, 15) is 13.0 Å². The molecule has 2 rings (SSSR count).